The average molecular weight is 269 g/mol. The number of ketones is 1. The van der Waals surface area contributed by atoms with Gasteiger partial charge in [-0.2, -0.15) is 5.26 Å². The number of rotatable bonds is 4. The Kier molecular flexibility index (Phi) is 3.62. The third kappa shape index (κ3) is 2.42. The molecule has 0 atom stereocenters. The Bertz CT molecular complexity index is 708. The Morgan fingerprint density at radius 3 is 2.50 bits per heavy atom. The van der Waals surface area contributed by atoms with Crippen LogP contribution in [0.3, 0.4) is 0 Å². The number of nitro groups is 1. The third-order valence-electron chi connectivity index (χ3n) is 3.06. The highest BCUT2D eigenvalue weighted by atomic mass is 16.6. The highest BCUT2D eigenvalue weighted by molar-refractivity contribution is 6.08. The van der Waals surface area contributed by atoms with Gasteiger partial charge in [0.1, 0.15) is 0 Å². The molecule has 0 spiro atoms. The summed E-state index contributed by atoms with van der Waals surface area (Å²) in [6.45, 7) is 0. The zero-order valence-corrected chi connectivity index (χ0v) is 10.7. The van der Waals surface area contributed by atoms with E-state index in [4.69, 9.17) is 5.26 Å². The van der Waals surface area contributed by atoms with Crippen LogP contribution in [0.15, 0.2) is 36.4 Å². The molecule has 2 aromatic rings. The summed E-state index contributed by atoms with van der Waals surface area (Å²) in [5, 5.41) is 19.2. The first-order chi connectivity index (χ1) is 9.54. The molecule has 0 amide bonds. The molecule has 0 aliphatic rings. The van der Waals surface area contributed by atoms with Crippen LogP contribution in [0.4, 0.5) is 5.69 Å². The van der Waals surface area contributed by atoms with E-state index in [0.29, 0.717) is 11.3 Å². The lowest BCUT2D eigenvalue weighted by atomic mass is 10.1. The number of carbonyl (C=O) groups is 1. The predicted octanol–water partition coefficient (Wildman–Crippen LogP) is 2.23. The van der Waals surface area contributed by atoms with Crippen molar-refractivity contribution < 1.29 is 9.72 Å². The summed E-state index contributed by atoms with van der Waals surface area (Å²) in [7, 11) is 1.71. The first-order valence-corrected chi connectivity index (χ1v) is 5.85. The number of nitro benzene ring substituents is 1. The number of benzene rings is 1. The minimum atomic E-state index is -0.512. The van der Waals surface area contributed by atoms with Gasteiger partial charge in [-0.25, -0.2) is 0 Å². The van der Waals surface area contributed by atoms with Gasteiger partial charge in [0, 0.05) is 30.4 Å². The molecule has 0 saturated carbocycles. The van der Waals surface area contributed by atoms with Gasteiger partial charge in [-0.1, -0.05) is 0 Å². The number of nitrogens with zero attached hydrogens (tertiary/aromatic N) is 3. The van der Waals surface area contributed by atoms with E-state index in [-0.39, 0.29) is 17.9 Å². The zero-order valence-electron chi connectivity index (χ0n) is 10.7. The van der Waals surface area contributed by atoms with E-state index >= 15 is 0 Å². The van der Waals surface area contributed by atoms with Gasteiger partial charge in [0.2, 0.25) is 5.78 Å². The predicted molar refractivity (Wildman–Crippen MR) is 71.3 cm³/mol. The number of nitriles is 1. The molecule has 0 unspecified atom stereocenters. The minimum absolute atomic E-state index is 0.0569. The molecule has 0 fully saturated rings. The topological polar surface area (TPSA) is 88.9 Å². The van der Waals surface area contributed by atoms with Crippen LogP contribution in [0.1, 0.15) is 21.7 Å². The second-order valence-electron chi connectivity index (χ2n) is 4.24. The molecule has 0 N–H and O–H groups in total. The van der Waals surface area contributed by atoms with Gasteiger partial charge >= 0.3 is 0 Å². The monoisotopic (exact) mass is 269 g/mol. The standard InChI is InChI=1S/C14H11N3O3/c1-16-11(8-9-15)6-7-13(16)14(18)10-2-4-12(5-3-10)17(19)20/h2-7H,8H2,1H3. The first kappa shape index (κ1) is 13.5. The second-order valence-corrected chi connectivity index (χ2v) is 4.24. The maximum atomic E-state index is 12.3. The minimum Gasteiger partial charge on any atom is -0.344 e. The molecule has 0 radical (unpaired) electrons. The smallest absolute Gasteiger partial charge is 0.269 e. The van der Waals surface area contributed by atoms with Crippen molar-refractivity contribution >= 4 is 11.5 Å². The van der Waals surface area contributed by atoms with Gasteiger partial charge in [0.15, 0.2) is 0 Å². The number of hydrogen-bond acceptors (Lipinski definition) is 4. The molecule has 0 bridgehead atoms. The Morgan fingerprint density at radius 2 is 1.95 bits per heavy atom. The summed E-state index contributed by atoms with van der Waals surface area (Å²) in [4.78, 5) is 22.3. The number of hydrogen-bond donors (Lipinski definition) is 0. The van der Waals surface area contributed by atoms with E-state index in [1.165, 1.54) is 24.3 Å². The molecule has 0 saturated heterocycles. The van der Waals surface area contributed by atoms with Crippen molar-refractivity contribution in [3.05, 3.63) is 63.5 Å². The van der Waals surface area contributed by atoms with Crippen molar-refractivity contribution in [1.29, 1.82) is 5.26 Å². The fraction of sp³-hybridized carbons (Fsp3) is 0.143. The van der Waals surface area contributed by atoms with Crippen LogP contribution in [0.25, 0.3) is 0 Å². The normalized spacial score (nSPS) is 10.0. The largest absolute Gasteiger partial charge is 0.344 e. The van der Waals surface area contributed by atoms with Crippen LogP contribution in [0, 0.1) is 21.4 Å². The first-order valence-electron chi connectivity index (χ1n) is 5.85. The van der Waals surface area contributed by atoms with Gasteiger partial charge in [0.05, 0.1) is 23.1 Å². The van der Waals surface area contributed by atoms with Crippen molar-refractivity contribution in [1.82, 2.24) is 4.57 Å². The van der Waals surface area contributed by atoms with E-state index in [1.807, 2.05) is 6.07 Å². The molecule has 0 aliphatic heterocycles. The van der Waals surface area contributed by atoms with E-state index in [9.17, 15) is 14.9 Å². The number of carbonyl (C=O) groups excluding carboxylic acids is 1. The van der Waals surface area contributed by atoms with Crippen molar-refractivity contribution in [3.63, 3.8) is 0 Å². The summed E-state index contributed by atoms with van der Waals surface area (Å²) in [5.41, 5.74) is 1.51. The van der Waals surface area contributed by atoms with Crippen molar-refractivity contribution in [2.24, 2.45) is 7.05 Å². The molecule has 1 aromatic carbocycles. The van der Waals surface area contributed by atoms with Crippen LogP contribution in [0.5, 0.6) is 0 Å². The molecule has 6 nitrogen and oxygen atoms in total. The summed E-state index contributed by atoms with van der Waals surface area (Å²) in [6.07, 6.45) is 0.226. The van der Waals surface area contributed by atoms with Crippen LogP contribution < -0.4 is 0 Å². The van der Waals surface area contributed by atoms with Gasteiger partial charge in [-0.3, -0.25) is 14.9 Å². The third-order valence-corrected chi connectivity index (χ3v) is 3.06. The summed E-state index contributed by atoms with van der Waals surface area (Å²) in [6, 6.07) is 10.9. The summed E-state index contributed by atoms with van der Waals surface area (Å²) >= 11 is 0. The number of aromatic nitrogens is 1. The average Bonchev–Trinajstić information content (AvgIpc) is 2.80. The van der Waals surface area contributed by atoms with Gasteiger partial charge < -0.3 is 4.57 Å². The van der Waals surface area contributed by atoms with Gasteiger partial charge in [-0.05, 0) is 24.3 Å². The fourth-order valence-corrected chi connectivity index (χ4v) is 1.92. The van der Waals surface area contributed by atoms with Crippen LogP contribution in [-0.2, 0) is 13.5 Å². The van der Waals surface area contributed by atoms with E-state index in [1.54, 1.807) is 23.7 Å². The van der Waals surface area contributed by atoms with Crippen LogP contribution >= 0.6 is 0 Å². The number of non-ortho nitro benzene ring substituents is 1. The molecular formula is C14H11N3O3. The lowest BCUT2D eigenvalue weighted by molar-refractivity contribution is -0.384. The van der Waals surface area contributed by atoms with E-state index in [0.717, 1.165) is 5.69 Å². The highest BCUT2D eigenvalue weighted by Gasteiger charge is 2.15. The maximum Gasteiger partial charge on any atom is 0.269 e. The quantitative estimate of drug-likeness (QED) is 0.483. The molecule has 1 aromatic heterocycles. The van der Waals surface area contributed by atoms with E-state index < -0.39 is 4.92 Å². The Hall–Kier alpha value is -2.94. The fourth-order valence-electron chi connectivity index (χ4n) is 1.92. The van der Waals surface area contributed by atoms with Crippen LogP contribution in [0.2, 0.25) is 0 Å². The Labute approximate surface area is 115 Å². The molecule has 2 rings (SSSR count). The molecule has 100 valence electrons. The molecule has 1 heterocycles. The molecule has 0 aliphatic carbocycles. The van der Waals surface area contributed by atoms with Crippen LogP contribution in [-0.4, -0.2) is 15.3 Å². The molecule has 20 heavy (non-hydrogen) atoms. The van der Waals surface area contributed by atoms with Crippen molar-refractivity contribution in [3.8, 4) is 6.07 Å². The van der Waals surface area contributed by atoms with Gasteiger partial charge in [-0.15, -0.1) is 0 Å². The zero-order chi connectivity index (χ0) is 14.7. The Morgan fingerprint density at radius 1 is 1.30 bits per heavy atom. The lowest BCUT2D eigenvalue weighted by Crippen LogP contribution is -2.09. The molecule has 6 heteroatoms. The SMILES string of the molecule is Cn1c(CC#N)ccc1C(=O)c1ccc([N+](=O)[O-])cc1. The lowest BCUT2D eigenvalue weighted by Gasteiger charge is -2.05. The van der Waals surface area contributed by atoms with Gasteiger partial charge in [0.25, 0.3) is 5.69 Å². The summed E-state index contributed by atoms with van der Waals surface area (Å²) in [5.74, 6) is -0.230. The Balaban J connectivity index is 2.32. The maximum absolute atomic E-state index is 12.3. The summed E-state index contributed by atoms with van der Waals surface area (Å²) < 4.78 is 1.66. The molecular weight excluding hydrogens is 258 g/mol. The second kappa shape index (κ2) is 5.36. The van der Waals surface area contributed by atoms with Crippen molar-refractivity contribution in [2.45, 2.75) is 6.42 Å². The van der Waals surface area contributed by atoms with Crippen molar-refractivity contribution in [2.75, 3.05) is 0 Å². The van der Waals surface area contributed by atoms with E-state index in [2.05, 4.69) is 0 Å². The highest BCUT2D eigenvalue weighted by Crippen LogP contribution is 2.17.